The van der Waals surface area contributed by atoms with Gasteiger partial charge in [-0.25, -0.2) is 4.99 Å². The Morgan fingerprint density at radius 1 is 0.811 bits per heavy atom. The molecule has 0 radical (unpaired) electrons. The van der Waals surface area contributed by atoms with Gasteiger partial charge in [-0.15, -0.1) is 0 Å². The number of rotatable bonds is 6. The number of thioether (sulfide) groups is 1. The molecule has 1 fully saturated rings. The Kier molecular flexibility index (Phi) is 7.87. The molecule has 4 nitrogen and oxygen atoms in total. The van der Waals surface area contributed by atoms with Crippen LogP contribution in [0.25, 0.3) is 6.08 Å². The fourth-order valence-electron chi connectivity index (χ4n) is 3.58. The molecule has 0 aliphatic carbocycles. The Morgan fingerprint density at radius 2 is 1.46 bits per heavy atom. The van der Waals surface area contributed by atoms with Crippen molar-refractivity contribution in [2.24, 2.45) is 4.99 Å². The summed E-state index contributed by atoms with van der Waals surface area (Å²) in [7, 11) is 0. The maximum Gasteiger partial charge on any atom is 0.271 e. The lowest BCUT2D eigenvalue weighted by molar-refractivity contribution is -0.113. The fourth-order valence-corrected chi connectivity index (χ4v) is 5.02. The molecular weight excluding hydrogens is 547 g/mol. The highest BCUT2D eigenvalue weighted by molar-refractivity contribution is 8.19. The van der Waals surface area contributed by atoms with Gasteiger partial charge in [-0.3, -0.25) is 9.69 Å². The minimum Gasteiger partial charge on any atom is -0.489 e. The van der Waals surface area contributed by atoms with E-state index in [4.69, 9.17) is 44.5 Å². The highest BCUT2D eigenvalue weighted by Gasteiger charge is 2.34. The van der Waals surface area contributed by atoms with Crippen LogP contribution in [0.5, 0.6) is 5.75 Å². The molecule has 0 N–H and O–H groups in total. The van der Waals surface area contributed by atoms with Crippen LogP contribution in [0, 0.1) is 0 Å². The molecule has 0 spiro atoms. The summed E-state index contributed by atoms with van der Waals surface area (Å²) >= 11 is 19.6. The smallest absolute Gasteiger partial charge is 0.271 e. The number of anilines is 1. The predicted octanol–water partition coefficient (Wildman–Crippen LogP) is 9.03. The van der Waals surface area contributed by atoms with Gasteiger partial charge < -0.3 is 4.74 Å². The van der Waals surface area contributed by atoms with E-state index in [9.17, 15) is 4.79 Å². The van der Waals surface area contributed by atoms with Crippen LogP contribution in [-0.4, -0.2) is 11.1 Å². The SMILES string of the molecule is O=C1/C(=C/c2ccc(OCc3ccccc3Cl)cc2)SC(=Nc2ccc(Cl)cc2)N1c1ccc(Cl)cc1. The zero-order chi connectivity index (χ0) is 25.8. The standard InChI is InChI=1S/C29H19Cl3N2O2S/c30-21-7-11-23(12-8-21)33-29-34(24-13-9-22(31)10-14-24)28(35)27(37-29)17-19-5-15-25(16-6-19)36-18-20-3-1-2-4-26(20)32/h1-17H,18H2/b27-17-,33-29?. The molecule has 0 bridgehead atoms. The zero-order valence-corrected chi connectivity index (χ0v) is 22.4. The van der Waals surface area contributed by atoms with Gasteiger partial charge in [-0.2, -0.15) is 0 Å². The first kappa shape index (κ1) is 25.4. The lowest BCUT2D eigenvalue weighted by Crippen LogP contribution is -2.28. The van der Waals surface area contributed by atoms with E-state index >= 15 is 0 Å². The quantitative estimate of drug-likeness (QED) is 0.219. The van der Waals surface area contributed by atoms with Crippen molar-refractivity contribution in [1.29, 1.82) is 0 Å². The molecule has 4 aromatic carbocycles. The fraction of sp³-hybridized carbons (Fsp3) is 0.0345. The van der Waals surface area contributed by atoms with Crippen molar-refractivity contribution in [1.82, 2.24) is 0 Å². The predicted molar refractivity (Wildman–Crippen MR) is 155 cm³/mol. The van der Waals surface area contributed by atoms with Crippen molar-refractivity contribution < 1.29 is 9.53 Å². The summed E-state index contributed by atoms with van der Waals surface area (Å²) in [5.74, 6) is 0.541. The monoisotopic (exact) mass is 564 g/mol. The summed E-state index contributed by atoms with van der Waals surface area (Å²) in [6.45, 7) is 0.370. The van der Waals surface area contributed by atoms with E-state index in [-0.39, 0.29) is 5.91 Å². The van der Waals surface area contributed by atoms with Gasteiger partial charge in [0.15, 0.2) is 5.17 Å². The summed E-state index contributed by atoms with van der Waals surface area (Å²) in [4.78, 5) is 20.3. The molecule has 37 heavy (non-hydrogen) atoms. The van der Waals surface area contributed by atoms with E-state index in [0.29, 0.717) is 48.9 Å². The minimum atomic E-state index is -0.168. The third-order valence-corrected chi connectivity index (χ3v) is 7.31. The van der Waals surface area contributed by atoms with E-state index in [1.165, 1.54) is 11.8 Å². The molecule has 8 heteroatoms. The molecule has 5 rings (SSSR count). The van der Waals surface area contributed by atoms with E-state index in [1.807, 2.05) is 66.7 Å². The second-order valence-electron chi connectivity index (χ2n) is 8.05. The number of hydrogen-bond donors (Lipinski definition) is 0. The van der Waals surface area contributed by atoms with E-state index in [0.717, 1.165) is 11.1 Å². The Morgan fingerprint density at radius 3 is 2.14 bits per heavy atom. The largest absolute Gasteiger partial charge is 0.489 e. The Bertz CT molecular complexity index is 1490. The number of hydrogen-bond acceptors (Lipinski definition) is 4. The Labute approximate surface area is 234 Å². The van der Waals surface area contributed by atoms with Crippen LogP contribution in [0.2, 0.25) is 15.1 Å². The van der Waals surface area contributed by atoms with Gasteiger partial charge in [-0.1, -0.05) is 65.1 Å². The maximum atomic E-state index is 13.5. The van der Waals surface area contributed by atoms with Gasteiger partial charge in [0.05, 0.1) is 16.3 Å². The van der Waals surface area contributed by atoms with Gasteiger partial charge in [0, 0.05) is 20.6 Å². The Balaban J connectivity index is 1.39. The topological polar surface area (TPSA) is 41.9 Å². The summed E-state index contributed by atoms with van der Waals surface area (Å²) in [6.07, 6.45) is 1.85. The highest BCUT2D eigenvalue weighted by atomic mass is 35.5. The number of ether oxygens (including phenoxy) is 1. The molecule has 1 amide bonds. The highest BCUT2D eigenvalue weighted by Crippen LogP contribution is 2.38. The zero-order valence-electron chi connectivity index (χ0n) is 19.3. The van der Waals surface area contributed by atoms with Crippen molar-refractivity contribution in [3.05, 3.63) is 128 Å². The summed E-state index contributed by atoms with van der Waals surface area (Å²) in [5.41, 5.74) is 3.16. The second kappa shape index (κ2) is 11.4. The first-order valence-electron chi connectivity index (χ1n) is 11.3. The van der Waals surface area contributed by atoms with Crippen LogP contribution in [0.15, 0.2) is 107 Å². The molecule has 184 valence electrons. The normalized spacial score (nSPS) is 15.5. The second-order valence-corrected chi connectivity index (χ2v) is 10.3. The van der Waals surface area contributed by atoms with Gasteiger partial charge in [0.1, 0.15) is 12.4 Å². The van der Waals surface area contributed by atoms with Crippen molar-refractivity contribution in [2.45, 2.75) is 6.61 Å². The first-order valence-corrected chi connectivity index (χ1v) is 13.2. The molecule has 1 heterocycles. The van der Waals surface area contributed by atoms with Crippen LogP contribution < -0.4 is 9.64 Å². The molecule has 0 unspecified atom stereocenters. The lowest BCUT2D eigenvalue weighted by Gasteiger charge is -2.15. The number of carbonyl (C=O) groups is 1. The van der Waals surface area contributed by atoms with E-state index in [2.05, 4.69) is 0 Å². The molecule has 0 atom stereocenters. The number of amides is 1. The van der Waals surface area contributed by atoms with Gasteiger partial charge >= 0.3 is 0 Å². The van der Waals surface area contributed by atoms with Crippen LogP contribution in [0.3, 0.4) is 0 Å². The minimum absolute atomic E-state index is 0.168. The average Bonchev–Trinajstić information content (AvgIpc) is 3.20. The average molecular weight is 566 g/mol. The van der Waals surface area contributed by atoms with Crippen molar-refractivity contribution in [2.75, 3.05) is 4.90 Å². The number of amidine groups is 1. The van der Waals surface area contributed by atoms with Crippen molar-refractivity contribution in [3.8, 4) is 5.75 Å². The van der Waals surface area contributed by atoms with Gasteiger partial charge in [-0.05, 0) is 90.1 Å². The maximum absolute atomic E-state index is 13.5. The molecular formula is C29H19Cl3N2O2S. The van der Waals surface area contributed by atoms with Gasteiger partial charge in [0.25, 0.3) is 5.91 Å². The third-order valence-electron chi connectivity index (χ3n) is 5.47. The molecule has 1 aliphatic heterocycles. The van der Waals surface area contributed by atoms with Crippen LogP contribution in [-0.2, 0) is 11.4 Å². The summed E-state index contributed by atoms with van der Waals surface area (Å²) in [6, 6.07) is 29.4. The van der Waals surface area contributed by atoms with Crippen LogP contribution in [0.4, 0.5) is 11.4 Å². The van der Waals surface area contributed by atoms with Crippen molar-refractivity contribution in [3.63, 3.8) is 0 Å². The number of nitrogens with zero attached hydrogens (tertiary/aromatic N) is 2. The Hall–Kier alpha value is -3.22. The molecule has 4 aromatic rings. The van der Waals surface area contributed by atoms with E-state index < -0.39 is 0 Å². The third kappa shape index (κ3) is 6.20. The van der Waals surface area contributed by atoms with Crippen LogP contribution in [0.1, 0.15) is 11.1 Å². The molecule has 0 aromatic heterocycles. The van der Waals surface area contributed by atoms with E-state index in [1.54, 1.807) is 41.3 Å². The number of benzene rings is 4. The lowest BCUT2D eigenvalue weighted by atomic mass is 10.2. The summed E-state index contributed by atoms with van der Waals surface area (Å²) in [5, 5.41) is 2.42. The number of aliphatic imine (C=N–C) groups is 1. The molecule has 0 saturated carbocycles. The number of halogens is 3. The first-order chi connectivity index (χ1) is 18.0. The van der Waals surface area contributed by atoms with Gasteiger partial charge in [0.2, 0.25) is 0 Å². The summed E-state index contributed by atoms with van der Waals surface area (Å²) < 4.78 is 5.87. The van der Waals surface area contributed by atoms with Crippen LogP contribution >= 0.6 is 46.6 Å². The number of carbonyl (C=O) groups excluding carboxylic acids is 1. The molecule has 1 saturated heterocycles. The van der Waals surface area contributed by atoms with Crippen molar-refractivity contribution >= 4 is 75.1 Å². The molecule has 1 aliphatic rings.